The summed E-state index contributed by atoms with van der Waals surface area (Å²) in [5.74, 6) is 0.0197. The number of para-hydroxylation sites is 2. The van der Waals surface area contributed by atoms with Gasteiger partial charge in [-0.3, -0.25) is 20.4 Å². The largest absolute Gasteiger partial charge is 0.489 e. The van der Waals surface area contributed by atoms with Crippen molar-refractivity contribution in [3.05, 3.63) is 72.8 Å². The van der Waals surface area contributed by atoms with Crippen molar-refractivity contribution in [1.82, 2.24) is 10.9 Å². The molecule has 0 aliphatic carbocycles. The summed E-state index contributed by atoms with van der Waals surface area (Å²) in [5, 5.41) is 0. The summed E-state index contributed by atoms with van der Waals surface area (Å²) in [5.41, 5.74) is 4.93. The van der Waals surface area contributed by atoms with E-state index in [1.54, 1.807) is 54.6 Å². The molecule has 2 aromatic carbocycles. The number of benzene rings is 2. The number of ether oxygens (including phenoxy) is 2. The lowest BCUT2D eigenvalue weighted by molar-refractivity contribution is -0.123. The molecule has 0 radical (unpaired) electrons. The fourth-order valence-electron chi connectivity index (χ4n) is 1.82. The van der Waals surface area contributed by atoms with Gasteiger partial charge in [-0.15, -0.1) is 0 Å². The van der Waals surface area contributed by atoms with Crippen LogP contribution in [0.15, 0.2) is 67.3 Å². The highest BCUT2D eigenvalue weighted by atomic mass is 16.5. The van der Waals surface area contributed by atoms with Gasteiger partial charge < -0.3 is 9.47 Å². The molecule has 0 heterocycles. The maximum atomic E-state index is 12.1. The molecule has 0 saturated heterocycles. The Kier molecular flexibility index (Phi) is 6.40. The molecule has 6 heteroatoms. The number of hydrazine groups is 1. The van der Waals surface area contributed by atoms with Crippen LogP contribution in [0, 0.1) is 0 Å². The van der Waals surface area contributed by atoms with Crippen LogP contribution in [0.5, 0.6) is 11.5 Å². The summed E-state index contributed by atoms with van der Waals surface area (Å²) in [7, 11) is 0. The monoisotopic (exact) mass is 326 g/mol. The zero-order chi connectivity index (χ0) is 17.2. The molecule has 2 aromatic rings. The molecule has 24 heavy (non-hydrogen) atoms. The molecule has 0 spiro atoms. The molecule has 2 rings (SSSR count). The van der Waals surface area contributed by atoms with Crippen molar-refractivity contribution in [2.45, 2.75) is 0 Å². The van der Waals surface area contributed by atoms with Gasteiger partial charge in [0.1, 0.15) is 18.1 Å². The lowest BCUT2D eigenvalue weighted by Gasteiger charge is -2.11. The van der Waals surface area contributed by atoms with Crippen molar-refractivity contribution < 1.29 is 19.1 Å². The van der Waals surface area contributed by atoms with Gasteiger partial charge in [-0.05, 0) is 24.3 Å². The maximum Gasteiger partial charge on any atom is 0.276 e. The molecule has 0 aliphatic heterocycles. The van der Waals surface area contributed by atoms with Crippen molar-refractivity contribution in [2.75, 3.05) is 13.2 Å². The Morgan fingerprint density at radius 3 is 2.42 bits per heavy atom. The fourth-order valence-corrected chi connectivity index (χ4v) is 1.82. The van der Waals surface area contributed by atoms with E-state index in [1.165, 1.54) is 0 Å². The first-order valence-corrected chi connectivity index (χ1v) is 7.30. The van der Waals surface area contributed by atoms with Crippen LogP contribution in [0.2, 0.25) is 0 Å². The Balaban J connectivity index is 1.84. The molecular weight excluding hydrogens is 308 g/mol. The molecule has 0 unspecified atom stereocenters. The molecule has 0 aromatic heterocycles. The smallest absolute Gasteiger partial charge is 0.276 e. The summed E-state index contributed by atoms with van der Waals surface area (Å²) in [6, 6.07) is 15.6. The van der Waals surface area contributed by atoms with E-state index in [0.29, 0.717) is 17.1 Å². The summed E-state index contributed by atoms with van der Waals surface area (Å²) in [6.45, 7) is 3.63. The molecule has 6 nitrogen and oxygen atoms in total. The second kappa shape index (κ2) is 8.99. The van der Waals surface area contributed by atoms with Crippen molar-refractivity contribution in [3.8, 4) is 11.5 Å². The molecule has 124 valence electrons. The molecule has 0 atom stereocenters. The van der Waals surface area contributed by atoms with Gasteiger partial charge in [0.05, 0.1) is 5.56 Å². The fraction of sp³-hybridized carbons (Fsp3) is 0.111. The molecule has 0 bridgehead atoms. The molecule has 0 aliphatic rings. The van der Waals surface area contributed by atoms with E-state index < -0.39 is 11.8 Å². The van der Waals surface area contributed by atoms with Gasteiger partial charge in [-0.2, -0.15) is 0 Å². The maximum absolute atomic E-state index is 12.1. The van der Waals surface area contributed by atoms with E-state index in [1.807, 2.05) is 6.07 Å². The first-order valence-electron chi connectivity index (χ1n) is 7.30. The lowest BCUT2D eigenvalue weighted by atomic mass is 10.2. The first kappa shape index (κ1) is 17.1. The SMILES string of the molecule is C=CCOc1ccccc1C(=O)NNC(=O)COc1ccccc1. The third-order valence-corrected chi connectivity index (χ3v) is 2.92. The molecule has 0 fully saturated rings. The van der Waals surface area contributed by atoms with E-state index in [2.05, 4.69) is 17.4 Å². The van der Waals surface area contributed by atoms with Gasteiger partial charge in [-0.1, -0.05) is 43.0 Å². The predicted octanol–water partition coefficient (Wildman–Crippen LogP) is 2.09. The van der Waals surface area contributed by atoms with Crippen LogP contribution < -0.4 is 20.3 Å². The van der Waals surface area contributed by atoms with Gasteiger partial charge in [0.15, 0.2) is 6.61 Å². The molecule has 2 N–H and O–H groups in total. The molecule has 2 amide bonds. The number of hydrogen-bond donors (Lipinski definition) is 2. The Bertz CT molecular complexity index is 701. The van der Waals surface area contributed by atoms with E-state index >= 15 is 0 Å². The van der Waals surface area contributed by atoms with Crippen LogP contribution in [-0.4, -0.2) is 25.0 Å². The van der Waals surface area contributed by atoms with Crippen LogP contribution in [0.25, 0.3) is 0 Å². The van der Waals surface area contributed by atoms with Crippen molar-refractivity contribution in [2.24, 2.45) is 0 Å². The highest BCUT2D eigenvalue weighted by molar-refractivity contribution is 5.97. The molecule has 0 saturated carbocycles. The van der Waals surface area contributed by atoms with Crippen LogP contribution in [0.1, 0.15) is 10.4 Å². The average molecular weight is 326 g/mol. The molecular formula is C18H18N2O4. The Morgan fingerprint density at radius 2 is 1.67 bits per heavy atom. The summed E-state index contributed by atoms with van der Waals surface area (Å²) >= 11 is 0. The van der Waals surface area contributed by atoms with Crippen LogP contribution in [-0.2, 0) is 4.79 Å². The predicted molar refractivity (Wildman–Crippen MR) is 89.7 cm³/mol. The quantitative estimate of drug-likeness (QED) is 0.603. The minimum Gasteiger partial charge on any atom is -0.489 e. The van der Waals surface area contributed by atoms with E-state index in [4.69, 9.17) is 9.47 Å². The lowest BCUT2D eigenvalue weighted by Crippen LogP contribution is -2.43. The standard InChI is InChI=1S/C18H18N2O4/c1-2-12-23-16-11-7-6-10-15(16)18(22)20-19-17(21)13-24-14-8-4-3-5-9-14/h2-11H,1,12-13H2,(H,19,21)(H,20,22). The Hall–Kier alpha value is -3.28. The third-order valence-electron chi connectivity index (χ3n) is 2.92. The van der Waals surface area contributed by atoms with E-state index in [9.17, 15) is 9.59 Å². The highest BCUT2D eigenvalue weighted by Crippen LogP contribution is 2.17. The Morgan fingerprint density at radius 1 is 0.958 bits per heavy atom. The number of nitrogens with one attached hydrogen (secondary N) is 2. The van der Waals surface area contributed by atoms with Crippen LogP contribution >= 0.6 is 0 Å². The number of carbonyl (C=O) groups is 2. The van der Waals surface area contributed by atoms with Gasteiger partial charge in [0.2, 0.25) is 0 Å². The minimum atomic E-state index is -0.484. The zero-order valence-corrected chi connectivity index (χ0v) is 13.0. The van der Waals surface area contributed by atoms with Crippen molar-refractivity contribution in [1.29, 1.82) is 0 Å². The zero-order valence-electron chi connectivity index (χ0n) is 13.0. The topological polar surface area (TPSA) is 76.7 Å². The second-order valence-electron chi connectivity index (χ2n) is 4.70. The van der Waals surface area contributed by atoms with Crippen LogP contribution in [0.4, 0.5) is 0 Å². The normalized spacial score (nSPS) is 9.67. The van der Waals surface area contributed by atoms with E-state index in [-0.39, 0.29) is 13.2 Å². The van der Waals surface area contributed by atoms with Crippen molar-refractivity contribution in [3.63, 3.8) is 0 Å². The summed E-state index contributed by atoms with van der Waals surface area (Å²) < 4.78 is 10.7. The Labute approximate surface area is 140 Å². The number of carbonyl (C=O) groups excluding carboxylic acids is 2. The average Bonchev–Trinajstić information content (AvgIpc) is 2.63. The minimum absolute atomic E-state index is 0.209. The van der Waals surface area contributed by atoms with Crippen molar-refractivity contribution >= 4 is 11.8 Å². The van der Waals surface area contributed by atoms with Gasteiger partial charge >= 0.3 is 0 Å². The van der Waals surface area contributed by atoms with E-state index in [0.717, 1.165) is 0 Å². The number of amides is 2. The summed E-state index contributed by atoms with van der Waals surface area (Å²) in [6.07, 6.45) is 1.58. The summed E-state index contributed by atoms with van der Waals surface area (Å²) in [4.78, 5) is 23.8. The van der Waals surface area contributed by atoms with Gasteiger partial charge in [0, 0.05) is 0 Å². The van der Waals surface area contributed by atoms with Gasteiger partial charge in [0.25, 0.3) is 11.8 Å². The third kappa shape index (κ3) is 5.17. The van der Waals surface area contributed by atoms with Gasteiger partial charge in [-0.25, -0.2) is 0 Å². The van der Waals surface area contributed by atoms with Crippen LogP contribution in [0.3, 0.4) is 0 Å². The highest BCUT2D eigenvalue weighted by Gasteiger charge is 2.12. The second-order valence-corrected chi connectivity index (χ2v) is 4.70. The number of hydrogen-bond acceptors (Lipinski definition) is 4. The first-order chi connectivity index (χ1) is 11.7. The number of rotatable bonds is 7.